The largest absolute Gasteiger partial charge is 0.471 e. The Hall–Kier alpha value is -3.13. The van der Waals surface area contributed by atoms with Crippen LogP contribution in [0.2, 0.25) is 0 Å². The maximum atomic E-state index is 13.1. The van der Waals surface area contributed by atoms with Crippen molar-refractivity contribution in [3.63, 3.8) is 0 Å². The number of carbonyl (C=O) groups excluding carboxylic acids is 3. The SMILES string of the molecule is CS(=O)(=O)C[C@H](c1ccc2c(c1)OCO2)N1C(=O)c2csc(NC(=O)C(F)(F)F)c2C1=O. The Balaban J connectivity index is 1.73. The molecule has 0 fully saturated rings. The zero-order valence-electron chi connectivity index (χ0n) is 16.1. The van der Waals surface area contributed by atoms with Crippen molar-refractivity contribution in [3.8, 4) is 11.5 Å². The number of rotatable bonds is 5. The number of nitrogens with zero attached hydrogens (tertiary/aromatic N) is 1. The number of nitrogens with one attached hydrogen (secondary N) is 1. The van der Waals surface area contributed by atoms with Gasteiger partial charge in [0.1, 0.15) is 14.8 Å². The van der Waals surface area contributed by atoms with Gasteiger partial charge in [0.25, 0.3) is 11.8 Å². The molecule has 2 aliphatic rings. The van der Waals surface area contributed by atoms with Crippen molar-refractivity contribution in [1.82, 2.24) is 4.90 Å². The second-order valence-electron chi connectivity index (χ2n) is 7.01. The predicted molar refractivity (Wildman–Crippen MR) is 105 cm³/mol. The molecule has 0 saturated heterocycles. The third-order valence-electron chi connectivity index (χ3n) is 4.71. The van der Waals surface area contributed by atoms with Gasteiger partial charge in [0, 0.05) is 11.6 Å². The van der Waals surface area contributed by atoms with Gasteiger partial charge in [-0.1, -0.05) is 6.07 Å². The number of halogens is 3. The van der Waals surface area contributed by atoms with Crippen LogP contribution in [0.15, 0.2) is 23.6 Å². The van der Waals surface area contributed by atoms with E-state index in [2.05, 4.69) is 0 Å². The summed E-state index contributed by atoms with van der Waals surface area (Å²) in [6, 6.07) is 3.09. The molecule has 0 bridgehead atoms. The fourth-order valence-electron chi connectivity index (χ4n) is 3.35. The molecule has 1 aromatic carbocycles. The quantitative estimate of drug-likeness (QED) is 0.639. The molecule has 3 amide bonds. The van der Waals surface area contributed by atoms with Crippen molar-refractivity contribution in [2.24, 2.45) is 0 Å². The zero-order chi connectivity index (χ0) is 23.4. The Bertz CT molecular complexity index is 1250. The van der Waals surface area contributed by atoms with Crippen LogP contribution in [-0.4, -0.2) is 56.0 Å². The molecule has 0 saturated carbocycles. The first-order chi connectivity index (χ1) is 14.9. The molecule has 0 aliphatic carbocycles. The summed E-state index contributed by atoms with van der Waals surface area (Å²) in [5, 5.41) is 2.28. The lowest BCUT2D eigenvalue weighted by atomic mass is 10.1. The van der Waals surface area contributed by atoms with Gasteiger partial charge in [0.05, 0.1) is 22.9 Å². The normalized spacial score (nSPS) is 16.3. The minimum atomic E-state index is -5.20. The highest BCUT2D eigenvalue weighted by molar-refractivity contribution is 7.90. The van der Waals surface area contributed by atoms with E-state index in [0.29, 0.717) is 22.0 Å². The van der Waals surface area contributed by atoms with Crippen molar-refractivity contribution < 1.29 is 45.4 Å². The Kier molecular flexibility index (Phi) is 5.16. The van der Waals surface area contributed by atoms with E-state index in [1.807, 2.05) is 0 Å². The highest BCUT2D eigenvalue weighted by atomic mass is 32.2. The Morgan fingerprint density at radius 3 is 2.56 bits per heavy atom. The van der Waals surface area contributed by atoms with Gasteiger partial charge >= 0.3 is 12.1 Å². The molecule has 0 radical (unpaired) electrons. The lowest BCUT2D eigenvalue weighted by Gasteiger charge is -2.26. The zero-order valence-corrected chi connectivity index (χ0v) is 17.7. The van der Waals surface area contributed by atoms with Crippen LogP contribution in [-0.2, 0) is 14.6 Å². The van der Waals surface area contributed by atoms with Crippen LogP contribution in [0, 0.1) is 0 Å². The minimum Gasteiger partial charge on any atom is -0.454 e. The monoisotopic (exact) mass is 490 g/mol. The minimum absolute atomic E-state index is 0.0592. The van der Waals surface area contributed by atoms with E-state index in [-0.39, 0.29) is 23.7 Å². The van der Waals surface area contributed by atoms with Gasteiger partial charge in [-0.3, -0.25) is 19.3 Å². The molecule has 0 spiro atoms. The average Bonchev–Trinajstić information content (AvgIpc) is 3.36. The third kappa shape index (κ3) is 3.90. The van der Waals surface area contributed by atoms with Crippen molar-refractivity contribution >= 4 is 43.9 Å². The summed E-state index contributed by atoms with van der Waals surface area (Å²) in [5.74, 6) is -4.17. The van der Waals surface area contributed by atoms with Crippen molar-refractivity contribution in [2.75, 3.05) is 24.1 Å². The van der Waals surface area contributed by atoms with Crippen LogP contribution in [0.25, 0.3) is 0 Å². The molecule has 4 rings (SSSR count). The fourth-order valence-corrected chi connectivity index (χ4v) is 5.18. The van der Waals surface area contributed by atoms with Crippen LogP contribution < -0.4 is 14.8 Å². The summed E-state index contributed by atoms with van der Waals surface area (Å²) >= 11 is 0.588. The van der Waals surface area contributed by atoms with Crippen LogP contribution in [0.3, 0.4) is 0 Å². The number of sulfone groups is 1. The van der Waals surface area contributed by atoms with Crippen molar-refractivity contribution in [1.29, 1.82) is 0 Å². The lowest BCUT2D eigenvalue weighted by Crippen LogP contribution is -2.38. The first kappa shape index (κ1) is 22.1. The second-order valence-corrected chi connectivity index (χ2v) is 10.1. The topological polar surface area (TPSA) is 119 Å². The molecule has 170 valence electrons. The standard InChI is InChI=1S/C18H13F3N2O7S2/c1-32(27,28)6-10(8-2-3-11-12(4-8)30-7-29-11)23-15(24)9-5-31-14(13(9)16(23)25)22-17(26)18(19,20)21/h2-5,10H,6-7H2,1H3,(H,22,26)/t10-/m1/s1. The number of carbonyl (C=O) groups is 3. The molecule has 2 aromatic rings. The second kappa shape index (κ2) is 7.48. The van der Waals surface area contributed by atoms with E-state index in [1.54, 1.807) is 5.32 Å². The highest BCUT2D eigenvalue weighted by Crippen LogP contribution is 2.42. The van der Waals surface area contributed by atoms with Gasteiger partial charge in [-0.25, -0.2) is 8.42 Å². The van der Waals surface area contributed by atoms with Gasteiger partial charge in [-0.15, -0.1) is 11.3 Å². The Morgan fingerprint density at radius 2 is 1.91 bits per heavy atom. The number of hydrogen-bond acceptors (Lipinski definition) is 8. The molecule has 1 N–H and O–H groups in total. The van der Waals surface area contributed by atoms with Gasteiger partial charge in [0.15, 0.2) is 11.5 Å². The van der Waals surface area contributed by atoms with Crippen LogP contribution >= 0.6 is 11.3 Å². The fraction of sp³-hybridized carbons (Fsp3) is 0.278. The summed E-state index contributed by atoms with van der Waals surface area (Å²) in [5.41, 5.74) is -0.398. The molecule has 1 aromatic heterocycles. The van der Waals surface area contributed by atoms with Gasteiger partial charge in [0.2, 0.25) is 6.79 Å². The van der Waals surface area contributed by atoms with Gasteiger partial charge in [-0.2, -0.15) is 13.2 Å². The van der Waals surface area contributed by atoms with E-state index in [0.717, 1.165) is 11.6 Å². The molecular formula is C18H13F3N2O7S2. The predicted octanol–water partition coefficient (Wildman–Crippen LogP) is 2.36. The molecule has 32 heavy (non-hydrogen) atoms. The van der Waals surface area contributed by atoms with Crippen LogP contribution in [0.5, 0.6) is 11.5 Å². The number of benzene rings is 1. The number of alkyl halides is 3. The van der Waals surface area contributed by atoms with Crippen molar-refractivity contribution in [3.05, 3.63) is 40.3 Å². The third-order valence-corrected chi connectivity index (χ3v) is 6.53. The van der Waals surface area contributed by atoms with E-state index >= 15 is 0 Å². The number of amides is 3. The molecule has 9 nitrogen and oxygen atoms in total. The smallest absolute Gasteiger partial charge is 0.454 e. The number of anilines is 1. The first-order valence-electron chi connectivity index (χ1n) is 8.81. The molecule has 14 heteroatoms. The van der Waals surface area contributed by atoms with E-state index in [4.69, 9.17) is 9.47 Å². The number of hydrogen-bond donors (Lipinski definition) is 1. The summed E-state index contributed by atoms with van der Waals surface area (Å²) in [4.78, 5) is 38.0. The number of thiophene rings is 1. The van der Waals surface area contributed by atoms with Gasteiger partial charge in [-0.05, 0) is 17.7 Å². The van der Waals surface area contributed by atoms with Crippen molar-refractivity contribution in [2.45, 2.75) is 12.2 Å². The summed E-state index contributed by atoms with van der Waals surface area (Å²) in [6.07, 6.45) is -4.28. The Morgan fingerprint density at radius 1 is 1.22 bits per heavy atom. The van der Waals surface area contributed by atoms with E-state index < -0.39 is 56.1 Å². The average molecular weight is 490 g/mol. The number of ether oxygens (including phenoxy) is 2. The van der Waals surface area contributed by atoms with Gasteiger partial charge < -0.3 is 14.8 Å². The highest BCUT2D eigenvalue weighted by Gasteiger charge is 2.46. The number of imide groups is 1. The summed E-state index contributed by atoms with van der Waals surface area (Å²) in [6.45, 7) is -0.0592. The molecular weight excluding hydrogens is 477 g/mol. The van der Waals surface area contributed by atoms with E-state index in [1.165, 1.54) is 18.2 Å². The summed E-state index contributed by atoms with van der Waals surface area (Å²) < 4.78 is 72.5. The van der Waals surface area contributed by atoms with E-state index in [9.17, 15) is 36.0 Å². The molecule has 2 aliphatic heterocycles. The molecule has 1 atom stereocenters. The van der Waals surface area contributed by atoms with Crippen LogP contribution in [0.1, 0.15) is 32.3 Å². The maximum Gasteiger partial charge on any atom is 0.471 e. The summed E-state index contributed by atoms with van der Waals surface area (Å²) in [7, 11) is -3.72. The first-order valence-corrected chi connectivity index (χ1v) is 11.8. The molecule has 3 heterocycles. The Labute approximate surface area is 182 Å². The lowest BCUT2D eigenvalue weighted by molar-refractivity contribution is -0.167. The maximum absolute atomic E-state index is 13.1. The molecule has 0 unspecified atom stereocenters. The number of fused-ring (bicyclic) bond motifs is 2. The van der Waals surface area contributed by atoms with Crippen LogP contribution in [0.4, 0.5) is 18.2 Å².